The number of hydrogen-bond acceptors (Lipinski definition) is 2. The van der Waals surface area contributed by atoms with E-state index in [2.05, 4.69) is 11.9 Å². The Labute approximate surface area is 132 Å². The summed E-state index contributed by atoms with van der Waals surface area (Å²) in [5.41, 5.74) is 0.570. The Kier molecular flexibility index (Phi) is 5.15. The quantitative estimate of drug-likeness (QED) is 0.670. The molecule has 0 heterocycles. The summed E-state index contributed by atoms with van der Waals surface area (Å²) in [4.78, 5) is 23.1. The maximum Gasteiger partial charge on any atom is 0.247 e. The van der Waals surface area contributed by atoms with Crippen molar-refractivity contribution in [2.75, 3.05) is 5.32 Å². The van der Waals surface area contributed by atoms with E-state index in [0.29, 0.717) is 11.3 Å². The molecule has 0 aliphatic heterocycles. The maximum absolute atomic E-state index is 13.5. The Morgan fingerprint density at radius 3 is 2.17 bits per heavy atom. The summed E-state index contributed by atoms with van der Waals surface area (Å²) >= 11 is 0. The van der Waals surface area contributed by atoms with Crippen molar-refractivity contribution in [1.29, 1.82) is 0 Å². The Morgan fingerprint density at radius 1 is 1.00 bits per heavy atom. The van der Waals surface area contributed by atoms with Gasteiger partial charge in [-0.2, -0.15) is 0 Å². The first-order valence-electron chi connectivity index (χ1n) is 6.71. The average molecular weight is 313 g/mol. The van der Waals surface area contributed by atoms with Crippen LogP contribution in [0.2, 0.25) is 0 Å². The summed E-state index contributed by atoms with van der Waals surface area (Å²) in [5, 5.41) is 2.55. The molecule has 0 aromatic heterocycles. The molecule has 0 atom stereocenters. The molecule has 1 N–H and O–H groups in total. The minimum Gasteiger partial charge on any atom is -0.323 e. The fraction of sp³-hybridized carbons (Fsp3) is 0. The highest BCUT2D eigenvalue weighted by molar-refractivity contribution is 6.07. The number of anilines is 1. The molecular weight excluding hydrogens is 300 g/mol. The number of allylic oxidation sites excluding steroid dienone is 1. The average Bonchev–Trinajstić information content (AvgIpc) is 2.54. The van der Waals surface area contributed by atoms with E-state index in [4.69, 9.17) is 0 Å². The van der Waals surface area contributed by atoms with E-state index in [1.807, 2.05) is 0 Å². The van der Waals surface area contributed by atoms with Crippen LogP contribution in [0.3, 0.4) is 0 Å². The number of benzene rings is 2. The zero-order valence-electron chi connectivity index (χ0n) is 12.1. The third-order valence-electron chi connectivity index (χ3n) is 3.02. The normalized spacial score (nSPS) is 10.5. The van der Waals surface area contributed by atoms with Crippen LogP contribution in [-0.2, 0) is 4.79 Å². The zero-order valence-corrected chi connectivity index (χ0v) is 12.1. The van der Waals surface area contributed by atoms with Gasteiger partial charge in [0.1, 0.15) is 11.6 Å². The molecule has 2 aromatic rings. The van der Waals surface area contributed by atoms with Crippen LogP contribution < -0.4 is 5.32 Å². The molecule has 0 saturated heterocycles. The Morgan fingerprint density at radius 2 is 1.61 bits per heavy atom. The van der Waals surface area contributed by atoms with Gasteiger partial charge in [-0.3, -0.25) is 9.59 Å². The van der Waals surface area contributed by atoms with E-state index in [1.54, 1.807) is 12.1 Å². The molecule has 3 nitrogen and oxygen atoms in total. The fourth-order valence-electron chi connectivity index (χ4n) is 1.84. The molecule has 0 aliphatic rings. The number of halogens is 2. The van der Waals surface area contributed by atoms with E-state index >= 15 is 0 Å². The molecule has 0 fully saturated rings. The van der Waals surface area contributed by atoms with Gasteiger partial charge < -0.3 is 5.32 Å². The molecule has 0 aliphatic carbocycles. The Balaban J connectivity index is 2.13. The van der Waals surface area contributed by atoms with Crippen LogP contribution in [0.5, 0.6) is 0 Å². The van der Waals surface area contributed by atoms with E-state index < -0.39 is 17.4 Å². The van der Waals surface area contributed by atoms with Gasteiger partial charge in [0.2, 0.25) is 5.91 Å². The van der Waals surface area contributed by atoms with Crippen LogP contribution in [0.25, 0.3) is 6.08 Å². The molecule has 0 spiro atoms. The predicted octanol–water partition coefficient (Wildman–Crippen LogP) is 3.99. The van der Waals surface area contributed by atoms with Gasteiger partial charge in [-0.25, -0.2) is 8.78 Å². The molecule has 1 amide bonds. The van der Waals surface area contributed by atoms with Gasteiger partial charge in [0.05, 0.1) is 0 Å². The summed E-state index contributed by atoms with van der Waals surface area (Å²) in [7, 11) is 0. The first-order chi connectivity index (χ1) is 11.0. The van der Waals surface area contributed by atoms with Crippen LogP contribution in [-0.4, -0.2) is 11.7 Å². The van der Waals surface area contributed by atoms with Crippen molar-refractivity contribution >= 4 is 23.5 Å². The van der Waals surface area contributed by atoms with Gasteiger partial charge in [0.25, 0.3) is 0 Å². The summed E-state index contributed by atoms with van der Waals surface area (Å²) in [6.07, 6.45) is 3.32. The van der Waals surface area contributed by atoms with Crippen LogP contribution in [0.1, 0.15) is 15.9 Å². The predicted molar refractivity (Wildman–Crippen MR) is 85.0 cm³/mol. The monoisotopic (exact) mass is 313 g/mol. The number of rotatable bonds is 5. The first kappa shape index (κ1) is 16.3. The van der Waals surface area contributed by atoms with Crippen molar-refractivity contribution in [3.8, 4) is 0 Å². The molecule has 116 valence electrons. The Bertz CT molecular complexity index is 760. The topological polar surface area (TPSA) is 46.2 Å². The van der Waals surface area contributed by atoms with Crippen LogP contribution in [0.4, 0.5) is 14.5 Å². The molecule has 2 aromatic carbocycles. The lowest BCUT2D eigenvalue weighted by molar-refractivity contribution is -0.111. The fourth-order valence-corrected chi connectivity index (χ4v) is 1.84. The summed E-state index contributed by atoms with van der Waals surface area (Å²) in [5.74, 6) is -2.25. The number of hydrogen-bond donors (Lipinski definition) is 1. The van der Waals surface area contributed by atoms with Gasteiger partial charge in [0, 0.05) is 16.8 Å². The molecule has 23 heavy (non-hydrogen) atoms. The summed E-state index contributed by atoms with van der Waals surface area (Å²) in [6, 6.07) is 9.58. The molecule has 0 bridgehead atoms. The van der Waals surface area contributed by atoms with Crippen molar-refractivity contribution < 1.29 is 18.4 Å². The molecular formula is C18H13F2NO2. The largest absolute Gasteiger partial charge is 0.323 e. The van der Waals surface area contributed by atoms with Gasteiger partial charge >= 0.3 is 0 Å². The van der Waals surface area contributed by atoms with Crippen LogP contribution >= 0.6 is 0 Å². The van der Waals surface area contributed by atoms with Crippen molar-refractivity contribution in [3.63, 3.8) is 0 Å². The lowest BCUT2D eigenvalue weighted by atomic mass is 10.1. The number of carbonyl (C=O) groups is 2. The second-order valence-electron chi connectivity index (χ2n) is 4.60. The van der Waals surface area contributed by atoms with Gasteiger partial charge in [0.15, 0.2) is 5.78 Å². The third-order valence-corrected chi connectivity index (χ3v) is 3.02. The first-order valence-corrected chi connectivity index (χ1v) is 6.71. The van der Waals surface area contributed by atoms with Crippen LogP contribution in [0.15, 0.2) is 61.2 Å². The minimum absolute atomic E-state index is 0.268. The van der Waals surface area contributed by atoms with Crippen molar-refractivity contribution in [1.82, 2.24) is 0 Å². The van der Waals surface area contributed by atoms with E-state index in [9.17, 15) is 18.4 Å². The van der Waals surface area contributed by atoms with E-state index in [-0.39, 0.29) is 11.5 Å². The zero-order chi connectivity index (χ0) is 16.8. The minimum atomic E-state index is -0.739. The molecule has 2 rings (SSSR count). The smallest absolute Gasteiger partial charge is 0.247 e. The van der Waals surface area contributed by atoms with Crippen molar-refractivity contribution in [2.45, 2.75) is 0 Å². The highest BCUT2D eigenvalue weighted by Gasteiger charge is 2.07. The van der Waals surface area contributed by atoms with Gasteiger partial charge in [-0.1, -0.05) is 12.6 Å². The highest BCUT2D eigenvalue weighted by Crippen LogP contribution is 2.15. The second-order valence-corrected chi connectivity index (χ2v) is 4.60. The lowest BCUT2D eigenvalue weighted by Crippen LogP contribution is -2.07. The summed E-state index contributed by atoms with van der Waals surface area (Å²) in [6.45, 7) is 3.33. The highest BCUT2D eigenvalue weighted by atomic mass is 19.1. The summed E-state index contributed by atoms with van der Waals surface area (Å²) < 4.78 is 26.9. The van der Waals surface area contributed by atoms with E-state index in [0.717, 1.165) is 30.4 Å². The second kappa shape index (κ2) is 7.26. The maximum atomic E-state index is 13.5. The number of nitrogens with one attached hydrogen (secondary N) is 1. The standard InChI is InChI=1S/C18H13F2NO2/c1-2-18(23)21-13-8-6-12(7-9-13)17(22)11-10-14-15(19)4-3-5-16(14)20/h2-11H,1H2,(H,21,23). The molecule has 5 heteroatoms. The Hall–Kier alpha value is -3.08. The molecule has 0 unspecified atom stereocenters. The van der Waals surface area contributed by atoms with Gasteiger partial charge in [-0.15, -0.1) is 0 Å². The SMILES string of the molecule is C=CC(=O)Nc1ccc(C(=O)C=Cc2c(F)cccc2F)cc1. The number of ketones is 1. The lowest BCUT2D eigenvalue weighted by Gasteiger charge is -2.03. The van der Waals surface area contributed by atoms with Gasteiger partial charge in [-0.05, 0) is 54.6 Å². The van der Waals surface area contributed by atoms with Crippen molar-refractivity contribution in [2.24, 2.45) is 0 Å². The number of amides is 1. The number of carbonyl (C=O) groups excluding carboxylic acids is 2. The van der Waals surface area contributed by atoms with Crippen LogP contribution in [0, 0.1) is 11.6 Å². The third kappa shape index (κ3) is 4.20. The molecule has 0 saturated carbocycles. The van der Waals surface area contributed by atoms with E-state index in [1.165, 1.54) is 18.2 Å². The van der Waals surface area contributed by atoms with Crippen molar-refractivity contribution in [3.05, 3.63) is 84.0 Å². The molecule has 0 radical (unpaired) electrons.